The number of unbranched alkanes of at least 4 members (excludes halogenated alkanes) is 2. The average molecular weight is 368 g/mol. The van der Waals surface area contributed by atoms with Crippen LogP contribution in [-0.4, -0.2) is 14.1 Å². The van der Waals surface area contributed by atoms with Crippen LogP contribution >= 0.6 is 0 Å². The maximum Gasteiger partial charge on any atom is 0.0361 e. The second-order valence-electron chi connectivity index (χ2n) is 7.92. The quantitative estimate of drug-likeness (QED) is 0.251. The Kier molecular flexibility index (Phi) is 5.62. The summed E-state index contributed by atoms with van der Waals surface area (Å²) in [5.74, 6) is 0. The van der Waals surface area contributed by atoms with E-state index >= 15 is 0 Å². The standard InChI is InChI=1S/C27H29N/c1-28(2)24-18-16-21(17-19-24)10-4-3-5-11-22-20-23-12-6-7-13-25(23)27-15-9-8-14-26(22)27/h6-9,12-20H,3-5,10-11H2,1-2H3. The van der Waals surface area contributed by atoms with Crippen LogP contribution in [0.4, 0.5) is 5.69 Å². The highest BCUT2D eigenvalue weighted by atomic mass is 15.1. The molecule has 0 atom stereocenters. The summed E-state index contributed by atoms with van der Waals surface area (Å²) in [7, 11) is 4.18. The van der Waals surface area contributed by atoms with Crippen molar-refractivity contribution in [1.82, 2.24) is 0 Å². The number of benzene rings is 4. The number of nitrogens with zero attached hydrogens (tertiary/aromatic N) is 1. The Morgan fingerprint density at radius 3 is 2.00 bits per heavy atom. The number of aryl methyl sites for hydroxylation is 2. The normalized spacial score (nSPS) is 11.2. The molecule has 142 valence electrons. The summed E-state index contributed by atoms with van der Waals surface area (Å²) in [5.41, 5.74) is 4.21. The fraction of sp³-hybridized carbons (Fsp3) is 0.259. The van der Waals surface area contributed by atoms with Crippen LogP contribution in [0.3, 0.4) is 0 Å². The minimum atomic E-state index is 1.16. The Morgan fingerprint density at radius 2 is 1.25 bits per heavy atom. The van der Waals surface area contributed by atoms with Gasteiger partial charge in [-0.05, 0) is 70.5 Å². The molecule has 0 N–H and O–H groups in total. The predicted molar refractivity (Wildman–Crippen MR) is 123 cm³/mol. The van der Waals surface area contributed by atoms with Crippen LogP contribution in [0.15, 0.2) is 78.9 Å². The summed E-state index contributed by atoms with van der Waals surface area (Å²) in [4.78, 5) is 2.15. The largest absolute Gasteiger partial charge is 0.378 e. The minimum Gasteiger partial charge on any atom is -0.378 e. The van der Waals surface area contributed by atoms with Gasteiger partial charge in [-0.25, -0.2) is 0 Å². The summed E-state index contributed by atoms with van der Waals surface area (Å²) in [6.07, 6.45) is 6.11. The lowest BCUT2D eigenvalue weighted by molar-refractivity contribution is 0.680. The van der Waals surface area contributed by atoms with E-state index in [1.54, 1.807) is 0 Å². The first-order valence-electron chi connectivity index (χ1n) is 10.4. The van der Waals surface area contributed by atoms with E-state index < -0.39 is 0 Å². The van der Waals surface area contributed by atoms with E-state index in [9.17, 15) is 0 Å². The molecule has 0 radical (unpaired) electrons. The predicted octanol–water partition coefficient (Wildman–Crippen LogP) is 7.01. The van der Waals surface area contributed by atoms with E-state index in [4.69, 9.17) is 0 Å². The molecule has 4 rings (SSSR count). The molecule has 0 saturated carbocycles. The van der Waals surface area contributed by atoms with E-state index in [1.807, 2.05) is 0 Å². The Morgan fingerprint density at radius 1 is 0.607 bits per heavy atom. The topological polar surface area (TPSA) is 3.24 Å². The first kappa shape index (κ1) is 18.6. The molecule has 0 fully saturated rings. The monoisotopic (exact) mass is 367 g/mol. The van der Waals surface area contributed by atoms with Crippen LogP contribution in [0.1, 0.15) is 30.4 Å². The first-order chi connectivity index (χ1) is 13.7. The molecule has 0 amide bonds. The van der Waals surface area contributed by atoms with Crippen LogP contribution in [0.5, 0.6) is 0 Å². The van der Waals surface area contributed by atoms with Gasteiger partial charge in [0.2, 0.25) is 0 Å². The molecule has 1 nitrogen and oxygen atoms in total. The third kappa shape index (κ3) is 4.04. The molecule has 0 aliphatic carbocycles. The van der Waals surface area contributed by atoms with Crippen LogP contribution in [0.2, 0.25) is 0 Å². The van der Waals surface area contributed by atoms with E-state index in [-0.39, 0.29) is 0 Å². The van der Waals surface area contributed by atoms with Crippen molar-refractivity contribution in [3.63, 3.8) is 0 Å². The molecule has 4 aromatic carbocycles. The van der Waals surface area contributed by atoms with Gasteiger partial charge in [0.1, 0.15) is 0 Å². The molecule has 1 heteroatoms. The molecule has 0 aliphatic heterocycles. The fourth-order valence-corrected chi connectivity index (χ4v) is 4.12. The van der Waals surface area contributed by atoms with Crippen molar-refractivity contribution in [3.05, 3.63) is 90.0 Å². The van der Waals surface area contributed by atoms with Gasteiger partial charge < -0.3 is 4.90 Å². The summed E-state index contributed by atoms with van der Waals surface area (Å²) in [6.45, 7) is 0. The highest BCUT2D eigenvalue weighted by molar-refractivity contribution is 6.08. The summed E-state index contributed by atoms with van der Waals surface area (Å²) < 4.78 is 0. The molecule has 28 heavy (non-hydrogen) atoms. The van der Waals surface area contributed by atoms with Crippen molar-refractivity contribution in [1.29, 1.82) is 0 Å². The maximum absolute atomic E-state index is 2.40. The zero-order valence-corrected chi connectivity index (χ0v) is 17.0. The van der Waals surface area contributed by atoms with Crippen molar-refractivity contribution in [2.24, 2.45) is 0 Å². The third-order valence-corrected chi connectivity index (χ3v) is 5.72. The van der Waals surface area contributed by atoms with Crippen molar-refractivity contribution >= 4 is 27.2 Å². The van der Waals surface area contributed by atoms with Gasteiger partial charge in [0.25, 0.3) is 0 Å². The van der Waals surface area contributed by atoms with Gasteiger partial charge in [-0.1, -0.05) is 73.2 Å². The van der Waals surface area contributed by atoms with Gasteiger partial charge in [0.15, 0.2) is 0 Å². The number of rotatable bonds is 7. The number of fused-ring (bicyclic) bond motifs is 3. The van der Waals surface area contributed by atoms with Crippen LogP contribution in [0.25, 0.3) is 21.5 Å². The van der Waals surface area contributed by atoms with E-state index in [0.29, 0.717) is 0 Å². The third-order valence-electron chi connectivity index (χ3n) is 5.72. The lowest BCUT2D eigenvalue weighted by Gasteiger charge is -2.12. The second-order valence-corrected chi connectivity index (χ2v) is 7.92. The SMILES string of the molecule is CN(C)c1ccc(CCCCCc2cc3ccccc3c3ccccc23)cc1. The van der Waals surface area contributed by atoms with Crippen LogP contribution in [-0.2, 0) is 12.8 Å². The van der Waals surface area contributed by atoms with E-state index in [2.05, 4.69) is 97.9 Å². The zero-order chi connectivity index (χ0) is 19.3. The molecule has 0 aromatic heterocycles. The Balaban J connectivity index is 1.39. The minimum absolute atomic E-state index is 1.16. The van der Waals surface area contributed by atoms with Gasteiger partial charge in [-0.3, -0.25) is 0 Å². The number of hydrogen-bond donors (Lipinski definition) is 0. The zero-order valence-electron chi connectivity index (χ0n) is 17.0. The molecule has 0 unspecified atom stereocenters. The smallest absolute Gasteiger partial charge is 0.0361 e. The molecular formula is C27H29N. The van der Waals surface area contributed by atoms with Crippen LogP contribution in [0, 0.1) is 0 Å². The Labute approximate surface area is 168 Å². The lowest BCUT2D eigenvalue weighted by atomic mass is 9.94. The van der Waals surface area contributed by atoms with E-state index in [0.717, 1.165) is 6.42 Å². The molecule has 0 saturated heterocycles. The second kappa shape index (κ2) is 8.48. The summed E-state index contributed by atoms with van der Waals surface area (Å²) in [5, 5.41) is 5.53. The summed E-state index contributed by atoms with van der Waals surface area (Å²) in [6, 6.07) is 29.0. The van der Waals surface area contributed by atoms with Crippen molar-refractivity contribution < 1.29 is 0 Å². The highest BCUT2D eigenvalue weighted by Crippen LogP contribution is 2.29. The average Bonchev–Trinajstić information content (AvgIpc) is 2.74. The van der Waals surface area contributed by atoms with Crippen molar-refractivity contribution in [2.75, 3.05) is 19.0 Å². The molecule has 0 spiro atoms. The van der Waals surface area contributed by atoms with Crippen molar-refractivity contribution in [3.8, 4) is 0 Å². The van der Waals surface area contributed by atoms with Gasteiger partial charge in [-0.15, -0.1) is 0 Å². The van der Waals surface area contributed by atoms with Crippen LogP contribution < -0.4 is 4.90 Å². The fourth-order valence-electron chi connectivity index (χ4n) is 4.12. The highest BCUT2D eigenvalue weighted by Gasteiger charge is 2.06. The van der Waals surface area contributed by atoms with Gasteiger partial charge >= 0.3 is 0 Å². The number of anilines is 1. The summed E-state index contributed by atoms with van der Waals surface area (Å²) >= 11 is 0. The van der Waals surface area contributed by atoms with Gasteiger partial charge in [-0.2, -0.15) is 0 Å². The van der Waals surface area contributed by atoms with Gasteiger partial charge in [0.05, 0.1) is 0 Å². The Bertz CT molecular complexity index is 1060. The molecule has 0 bridgehead atoms. The van der Waals surface area contributed by atoms with Gasteiger partial charge in [0, 0.05) is 19.8 Å². The van der Waals surface area contributed by atoms with Crippen molar-refractivity contribution in [2.45, 2.75) is 32.1 Å². The molecular weight excluding hydrogens is 338 g/mol. The first-order valence-corrected chi connectivity index (χ1v) is 10.4. The Hall–Kier alpha value is -2.80. The molecule has 4 aromatic rings. The lowest BCUT2D eigenvalue weighted by Crippen LogP contribution is -2.08. The number of hydrogen-bond acceptors (Lipinski definition) is 1. The molecule has 0 aliphatic rings. The van der Waals surface area contributed by atoms with E-state index in [1.165, 1.54) is 64.0 Å². The molecule has 0 heterocycles. The maximum atomic E-state index is 2.40.